The maximum absolute atomic E-state index is 8.91. The number of hydrogen-bond donors (Lipinski definition) is 2. The van der Waals surface area contributed by atoms with Gasteiger partial charge in [0.05, 0.1) is 6.61 Å². The molecule has 0 amide bonds. The van der Waals surface area contributed by atoms with Gasteiger partial charge in [-0.05, 0) is 25.7 Å². The summed E-state index contributed by atoms with van der Waals surface area (Å²) in [6, 6.07) is 0. The van der Waals surface area contributed by atoms with Crippen molar-refractivity contribution in [2.75, 3.05) is 19.8 Å². The molecule has 0 fully saturated rings. The quantitative estimate of drug-likeness (QED) is 0.588. The van der Waals surface area contributed by atoms with Gasteiger partial charge in [0.2, 0.25) is 0 Å². The van der Waals surface area contributed by atoms with Crippen molar-refractivity contribution in [3.63, 3.8) is 0 Å². The summed E-state index contributed by atoms with van der Waals surface area (Å²) in [5.74, 6) is 0.623. The molecule has 0 aliphatic rings. The van der Waals surface area contributed by atoms with Crippen LogP contribution in [0, 0.1) is 5.92 Å². The first-order valence-electron chi connectivity index (χ1n) is 5.49. The zero-order valence-corrected chi connectivity index (χ0v) is 9.75. The molecule has 0 bridgehead atoms. The van der Waals surface area contributed by atoms with E-state index in [-0.39, 0.29) is 6.61 Å². The summed E-state index contributed by atoms with van der Waals surface area (Å²) in [6.45, 7) is 7.67. The molecule has 0 spiro atoms. The van der Waals surface area contributed by atoms with Gasteiger partial charge < -0.3 is 15.6 Å². The first kappa shape index (κ1) is 13.9. The van der Waals surface area contributed by atoms with Gasteiger partial charge in [-0.3, -0.25) is 0 Å². The molecule has 2 atom stereocenters. The second kappa shape index (κ2) is 7.21. The summed E-state index contributed by atoms with van der Waals surface area (Å²) in [5.41, 5.74) is 5.27. The van der Waals surface area contributed by atoms with Crippen molar-refractivity contribution in [2.45, 2.75) is 45.6 Å². The minimum absolute atomic E-state index is 0.0148. The zero-order valence-electron chi connectivity index (χ0n) is 9.75. The fourth-order valence-corrected chi connectivity index (χ4v) is 1.25. The molecule has 3 nitrogen and oxygen atoms in total. The van der Waals surface area contributed by atoms with E-state index in [2.05, 4.69) is 13.8 Å². The van der Waals surface area contributed by atoms with E-state index < -0.39 is 5.54 Å². The average Bonchev–Trinajstić information content (AvgIpc) is 2.13. The van der Waals surface area contributed by atoms with Crippen molar-refractivity contribution in [3.8, 4) is 0 Å². The van der Waals surface area contributed by atoms with Crippen LogP contribution in [0.1, 0.15) is 40.0 Å². The van der Waals surface area contributed by atoms with Crippen LogP contribution < -0.4 is 5.73 Å². The molecule has 2 unspecified atom stereocenters. The van der Waals surface area contributed by atoms with Gasteiger partial charge in [-0.25, -0.2) is 0 Å². The highest BCUT2D eigenvalue weighted by Crippen LogP contribution is 2.08. The van der Waals surface area contributed by atoms with Crippen LogP contribution in [-0.4, -0.2) is 30.5 Å². The van der Waals surface area contributed by atoms with Crippen LogP contribution in [-0.2, 0) is 4.74 Å². The summed E-state index contributed by atoms with van der Waals surface area (Å²) in [7, 11) is 0. The highest BCUT2D eigenvalue weighted by molar-refractivity contribution is 4.76. The molecule has 0 aromatic rings. The lowest BCUT2D eigenvalue weighted by Gasteiger charge is -2.21. The van der Waals surface area contributed by atoms with E-state index in [0.29, 0.717) is 18.9 Å². The van der Waals surface area contributed by atoms with Crippen LogP contribution in [0.2, 0.25) is 0 Å². The third-order valence-electron chi connectivity index (χ3n) is 2.36. The van der Waals surface area contributed by atoms with Gasteiger partial charge in [-0.15, -0.1) is 0 Å². The van der Waals surface area contributed by atoms with E-state index in [4.69, 9.17) is 15.6 Å². The average molecular weight is 203 g/mol. The molecule has 0 aromatic carbocycles. The monoisotopic (exact) mass is 203 g/mol. The molecular formula is C11H25NO2. The van der Waals surface area contributed by atoms with Gasteiger partial charge in [0.25, 0.3) is 0 Å². The van der Waals surface area contributed by atoms with E-state index in [1.165, 1.54) is 12.8 Å². The zero-order chi connectivity index (χ0) is 11.0. The molecule has 0 heterocycles. The predicted molar refractivity (Wildman–Crippen MR) is 59.2 cm³/mol. The fourth-order valence-electron chi connectivity index (χ4n) is 1.25. The molecule has 14 heavy (non-hydrogen) atoms. The van der Waals surface area contributed by atoms with Crippen molar-refractivity contribution < 1.29 is 9.84 Å². The molecular weight excluding hydrogens is 178 g/mol. The number of nitrogens with two attached hydrogens (primary N) is 1. The summed E-state index contributed by atoms with van der Waals surface area (Å²) in [4.78, 5) is 0. The Kier molecular flexibility index (Phi) is 7.15. The Balaban J connectivity index is 3.37. The second-order valence-corrected chi connectivity index (χ2v) is 4.53. The van der Waals surface area contributed by atoms with Gasteiger partial charge in [0, 0.05) is 18.8 Å². The molecule has 0 aromatic heterocycles. The standard InChI is InChI=1S/C11H25NO2/c1-4-5-10(2)8-14-7-6-11(3,12)9-13/h10,13H,4-9,12H2,1-3H3. The van der Waals surface area contributed by atoms with Crippen molar-refractivity contribution in [1.29, 1.82) is 0 Å². The Hall–Kier alpha value is -0.120. The summed E-state index contributed by atoms with van der Waals surface area (Å²) in [5, 5.41) is 8.91. The van der Waals surface area contributed by atoms with Crippen LogP contribution >= 0.6 is 0 Å². The van der Waals surface area contributed by atoms with Gasteiger partial charge in [0.1, 0.15) is 0 Å². The smallest absolute Gasteiger partial charge is 0.0609 e. The highest BCUT2D eigenvalue weighted by atomic mass is 16.5. The fraction of sp³-hybridized carbons (Fsp3) is 1.00. The maximum atomic E-state index is 8.91. The number of aliphatic hydroxyl groups excluding tert-OH is 1. The van der Waals surface area contributed by atoms with Crippen molar-refractivity contribution >= 4 is 0 Å². The van der Waals surface area contributed by atoms with Crippen molar-refractivity contribution in [2.24, 2.45) is 11.7 Å². The molecule has 0 saturated heterocycles. The Morgan fingerprint density at radius 3 is 2.64 bits per heavy atom. The van der Waals surface area contributed by atoms with Gasteiger partial charge in [0.15, 0.2) is 0 Å². The maximum Gasteiger partial charge on any atom is 0.0609 e. The van der Waals surface area contributed by atoms with Crippen LogP contribution in [0.25, 0.3) is 0 Å². The number of ether oxygens (including phenoxy) is 1. The van der Waals surface area contributed by atoms with Crippen LogP contribution in [0.15, 0.2) is 0 Å². The molecule has 3 heteroatoms. The molecule has 0 rings (SSSR count). The minimum atomic E-state index is -0.492. The third-order valence-corrected chi connectivity index (χ3v) is 2.36. The minimum Gasteiger partial charge on any atom is -0.394 e. The Bertz CT molecular complexity index is 137. The molecule has 86 valence electrons. The largest absolute Gasteiger partial charge is 0.394 e. The normalized spacial score (nSPS) is 17.8. The van der Waals surface area contributed by atoms with Gasteiger partial charge in [-0.1, -0.05) is 20.3 Å². The molecule has 3 N–H and O–H groups in total. The van der Waals surface area contributed by atoms with Gasteiger partial charge in [-0.2, -0.15) is 0 Å². The van der Waals surface area contributed by atoms with Crippen LogP contribution in [0.4, 0.5) is 0 Å². The van der Waals surface area contributed by atoms with Crippen LogP contribution in [0.3, 0.4) is 0 Å². The van der Waals surface area contributed by atoms with Gasteiger partial charge >= 0.3 is 0 Å². The van der Waals surface area contributed by atoms with Crippen LogP contribution in [0.5, 0.6) is 0 Å². The Morgan fingerprint density at radius 1 is 1.50 bits per heavy atom. The van der Waals surface area contributed by atoms with E-state index in [1.807, 2.05) is 6.92 Å². The summed E-state index contributed by atoms with van der Waals surface area (Å²) < 4.78 is 5.49. The first-order valence-corrected chi connectivity index (χ1v) is 5.49. The van der Waals surface area contributed by atoms with Crippen molar-refractivity contribution in [3.05, 3.63) is 0 Å². The van der Waals surface area contributed by atoms with E-state index in [9.17, 15) is 0 Å². The molecule has 0 saturated carbocycles. The third kappa shape index (κ3) is 7.30. The lowest BCUT2D eigenvalue weighted by molar-refractivity contribution is 0.0775. The summed E-state index contributed by atoms with van der Waals surface area (Å²) >= 11 is 0. The Labute approximate surface area is 87.6 Å². The SMILES string of the molecule is CCCC(C)COCCC(C)(N)CO. The second-order valence-electron chi connectivity index (χ2n) is 4.53. The predicted octanol–water partition coefficient (Wildman–Crippen LogP) is 1.54. The van der Waals surface area contributed by atoms with E-state index in [1.54, 1.807) is 0 Å². The lowest BCUT2D eigenvalue weighted by atomic mass is 10.0. The number of aliphatic hydroxyl groups is 1. The topological polar surface area (TPSA) is 55.5 Å². The van der Waals surface area contributed by atoms with E-state index in [0.717, 1.165) is 6.61 Å². The lowest BCUT2D eigenvalue weighted by Crippen LogP contribution is -2.41. The van der Waals surface area contributed by atoms with Crippen molar-refractivity contribution in [1.82, 2.24) is 0 Å². The molecule has 0 aliphatic heterocycles. The number of rotatable bonds is 8. The molecule has 0 radical (unpaired) electrons. The first-order chi connectivity index (χ1) is 6.52. The Morgan fingerprint density at radius 2 is 2.14 bits per heavy atom. The molecule has 0 aliphatic carbocycles. The van der Waals surface area contributed by atoms with E-state index >= 15 is 0 Å². The number of hydrogen-bond acceptors (Lipinski definition) is 3. The summed E-state index contributed by atoms with van der Waals surface area (Å²) in [6.07, 6.45) is 3.12. The highest BCUT2D eigenvalue weighted by Gasteiger charge is 2.16.